The number of rotatable bonds is 4. The normalized spacial score (nSPS) is 10.5. The average Bonchev–Trinajstić information content (AvgIpc) is 2.61. The molecule has 1 aromatic carbocycles. The van der Waals surface area contributed by atoms with Crippen molar-refractivity contribution in [3.8, 4) is 22.6 Å². The summed E-state index contributed by atoms with van der Waals surface area (Å²) < 4.78 is 31.7. The smallest absolute Gasteiger partial charge is 0.313 e. The fraction of sp³-hybridized carbons (Fsp3) is 0.111. The fourth-order valence-corrected chi connectivity index (χ4v) is 2.27. The molecule has 2 heterocycles. The summed E-state index contributed by atoms with van der Waals surface area (Å²) in [7, 11) is 1.26. The number of aromatic nitrogens is 3. The minimum atomic E-state index is -0.720. The highest BCUT2D eigenvalue weighted by molar-refractivity contribution is 5.72. The molecular formula is C18H13F2N3O2. The number of hydrogen-bond acceptors (Lipinski definition) is 5. The molecular weight excluding hydrogens is 328 g/mol. The standard InChI is InChI=1S/C18H13F2N3O2/c1-25-18(24)10-17-22-15(11-6-12(19)8-13(20)7-11)9-16(23-17)14-4-2-3-5-21-14/h2-9H,10H2,1H3. The second-order valence-electron chi connectivity index (χ2n) is 5.18. The molecule has 3 rings (SSSR count). The molecule has 0 aliphatic carbocycles. The van der Waals surface area contributed by atoms with Crippen LogP contribution in [0.4, 0.5) is 8.78 Å². The minimum Gasteiger partial charge on any atom is -0.469 e. The van der Waals surface area contributed by atoms with Crippen LogP contribution in [0.3, 0.4) is 0 Å². The Morgan fingerprint density at radius 2 is 1.72 bits per heavy atom. The van der Waals surface area contributed by atoms with Gasteiger partial charge in [-0.3, -0.25) is 9.78 Å². The zero-order chi connectivity index (χ0) is 17.8. The van der Waals surface area contributed by atoms with Crippen LogP contribution in [-0.2, 0) is 16.0 Å². The van der Waals surface area contributed by atoms with E-state index in [2.05, 4.69) is 19.7 Å². The number of methoxy groups -OCH3 is 1. The summed E-state index contributed by atoms with van der Waals surface area (Å²) in [5.74, 6) is -1.78. The Morgan fingerprint density at radius 1 is 1.00 bits per heavy atom. The van der Waals surface area contributed by atoms with Gasteiger partial charge in [0.05, 0.1) is 24.2 Å². The Hall–Kier alpha value is -3.22. The summed E-state index contributed by atoms with van der Waals surface area (Å²) in [4.78, 5) is 24.3. The number of pyridine rings is 1. The number of hydrogen-bond donors (Lipinski definition) is 0. The van der Waals surface area contributed by atoms with Gasteiger partial charge < -0.3 is 4.74 Å². The first-order valence-corrected chi connectivity index (χ1v) is 7.38. The molecule has 25 heavy (non-hydrogen) atoms. The molecule has 0 radical (unpaired) electrons. The molecule has 0 atom stereocenters. The van der Waals surface area contributed by atoms with Crippen LogP contribution in [0.15, 0.2) is 48.7 Å². The van der Waals surface area contributed by atoms with E-state index in [1.165, 1.54) is 7.11 Å². The van der Waals surface area contributed by atoms with Gasteiger partial charge in [0.25, 0.3) is 0 Å². The van der Waals surface area contributed by atoms with Crippen molar-refractivity contribution >= 4 is 5.97 Å². The summed E-state index contributed by atoms with van der Waals surface area (Å²) in [5, 5.41) is 0. The number of benzene rings is 1. The van der Waals surface area contributed by atoms with Crippen LogP contribution in [0, 0.1) is 11.6 Å². The van der Waals surface area contributed by atoms with Crippen LogP contribution < -0.4 is 0 Å². The molecule has 0 aliphatic heterocycles. The van der Waals surface area contributed by atoms with Crippen molar-refractivity contribution in [2.45, 2.75) is 6.42 Å². The maximum atomic E-state index is 13.5. The molecule has 0 fully saturated rings. The summed E-state index contributed by atoms with van der Waals surface area (Å²) >= 11 is 0. The minimum absolute atomic E-state index is 0.165. The van der Waals surface area contributed by atoms with Crippen molar-refractivity contribution in [2.75, 3.05) is 7.11 Å². The van der Waals surface area contributed by atoms with E-state index in [1.54, 1.807) is 30.5 Å². The van der Waals surface area contributed by atoms with Crippen molar-refractivity contribution in [3.05, 3.63) is 66.1 Å². The highest BCUT2D eigenvalue weighted by atomic mass is 19.1. The summed E-state index contributed by atoms with van der Waals surface area (Å²) in [6.45, 7) is 0. The Kier molecular flexibility index (Phi) is 4.74. The molecule has 0 aliphatic rings. The maximum absolute atomic E-state index is 13.5. The number of carbonyl (C=O) groups is 1. The third kappa shape index (κ3) is 4.00. The molecule has 0 bridgehead atoms. The summed E-state index contributed by atoms with van der Waals surface area (Å²) in [6.07, 6.45) is 1.43. The van der Waals surface area contributed by atoms with Gasteiger partial charge in [0, 0.05) is 17.8 Å². The molecule has 7 heteroatoms. The Labute approximate surface area is 142 Å². The Morgan fingerprint density at radius 3 is 2.36 bits per heavy atom. The van der Waals surface area contributed by atoms with E-state index in [4.69, 9.17) is 0 Å². The molecule has 126 valence electrons. The van der Waals surface area contributed by atoms with Gasteiger partial charge in [-0.2, -0.15) is 0 Å². The first-order valence-electron chi connectivity index (χ1n) is 7.38. The topological polar surface area (TPSA) is 65.0 Å². The van der Waals surface area contributed by atoms with Gasteiger partial charge in [-0.15, -0.1) is 0 Å². The molecule has 3 aromatic rings. The molecule has 0 amide bonds. The van der Waals surface area contributed by atoms with E-state index in [-0.39, 0.29) is 23.5 Å². The van der Waals surface area contributed by atoms with Crippen LogP contribution in [-0.4, -0.2) is 28.0 Å². The fourth-order valence-electron chi connectivity index (χ4n) is 2.27. The zero-order valence-corrected chi connectivity index (χ0v) is 13.2. The van der Waals surface area contributed by atoms with Crippen LogP contribution in [0.2, 0.25) is 0 Å². The Balaban J connectivity index is 2.13. The largest absolute Gasteiger partial charge is 0.469 e. The molecule has 0 spiro atoms. The SMILES string of the molecule is COC(=O)Cc1nc(-c2cc(F)cc(F)c2)cc(-c2ccccn2)n1. The first kappa shape index (κ1) is 16.6. The zero-order valence-electron chi connectivity index (χ0n) is 13.2. The van der Waals surface area contributed by atoms with Gasteiger partial charge in [0.2, 0.25) is 0 Å². The summed E-state index contributed by atoms with van der Waals surface area (Å²) in [6, 6.07) is 9.94. The van der Waals surface area contributed by atoms with Gasteiger partial charge in [0.1, 0.15) is 23.9 Å². The van der Waals surface area contributed by atoms with Crippen molar-refractivity contribution in [1.82, 2.24) is 15.0 Å². The van der Waals surface area contributed by atoms with Gasteiger partial charge in [0.15, 0.2) is 0 Å². The predicted octanol–water partition coefficient (Wildman–Crippen LogP) is 3.20. The molecule has 0 unspecified atom stereocenters. The number of esters is 1. The van der Waals surface area contributed by atoms with E-state index in [0.29, 0.717) is 11.4 Å². The second-order valence-corrected chi connectivity index (χ2v) is 5.18. The number of halogens is 2. The van der Waals surface area contributed by atoms with Gasteiger partial charge in [-0.1, -0.05) is 6.07 Å². The average molecular weight is 341 g/mol. The van der Waals surface area contributed by atoms with Crippen molar-refractivity contribution in [2.24, 2.45) is 0 Å². The number of nitrogens with zero attached hydrogens (tertiary/aromatic N) is 3. The van der Waals surface area contributed by atoms with Gasteiger partial charge in [-0.05, 0) is 30.3 Å². The lowest BCUT2D eigenvalue weighted by molar-refractivity contribution is -0.139. The van der Waals surface area contributed by atoms with E-state index in [1.807, 2.05) is 0 Å². The van der Waals surface area contributed by atoms with E-state index >= 15 is 0 Å². The van der Waals surface area contributed by atoms with E-state index < -0.39 is 17.6 Å². The van der Waals surface area contributed by atoms with Crippen LogP contribution in [0.5, 0.6) is 0 Å². The molecule has 0 saturated heterocycles. The number of ether oxygens (including phenoxy) is 1. The highest BCUT2D eigenvalue weighted by Gasteiger charge is 2.13. The molecule has 5 nitrogen and oxygen atoms in total. The molecule has 0 N–H and O–H groups in total. The van der Waals surface area contributed by atoms with E-state index in [0.717, 1.165) is 18.2 Å². The van der Waals surface area contributed by atoms with Crippen molar-refractivity contribution in [3.63, 3.8) is 0 Å². The monoisotopic (exact) mass is 341 g/mol. The van der Waals surface area contributed by atoms with Crippen molar-refractivity contribution < 1.29 is 18.3 Å². The van der Waals surface area contributed by atoms with Crippen molar-refractivity contribution in [1.29, 1.82) is 0 Å². The summed E-state index contributed by atoms with van der Waals surface area (Å²) in [5.41, 5.74) is 1.51. The Bertz CT molecular complexity index is 897. The van der Waals surface area contributed by atoms with Crippen LogP contribution in [0.25, 0.3) is 22.6 Å². The van der Waals surface area contributed by atoms with Crippen LogP contribution >= 0.6 is 0 Å². The first-order chi connectivity index (χ1) is 12.0. The lowest BCUT2D eigenvalue weighted by atomic mass is 10.1. The van der Waals surface area contributed by atoms with Crippen LogP contribution in [0.1, 0.15) is 5.82 Å². The predicted molar refractivity (Wildman–Crippen MR) is 86.3 cm³/mol. The second kappa shape index (κ2) is 7.12. The van der Waals surface area contributed by atoms with Gasteiger partial charge in [-0.25, -0.2) is 18.7 Å². The quantitative estimate of drug-likeness (QED) is 0.682. The third-order valence-corrected chi connectivity index (χ3v) is 3.39. The lowest BCUT2D eigenvalue weighted by Gasteiger charge is -2.08. The number of carbonyl (C=O) groups excluding carboxylic acids is 1. The third-order valence-electron chi connectivity index (χ3n) is 3.39. The maximum Gasteiger partial charge on any atom is 0.313 e. The molecule has 2 aromatic heterocycles. The van der Waals surface area contributed by atoms with Gasteiger partial charge >= 0.3 is 5.97 Å². The highest BCUT2D eigenvalue weighted by Crippen LogP contribution is 2.24. The molecule has 0 saturated carbocycles. The van der Waals surface area contributed by atoms with E-state index in [9.17, 15) is 13.6 Å². The lowest BCUT2D eigenvalue weighted by Crippen LogP contribution is -2.09.